The van der Waals surface area contributed by atoms with Gasteiger partial charge in [0.05, 0.1) is 4.90 Å². The van der Waals surface area contributed by atoms with Crippen LogP contribution in [0.25, 0.3) is 0 Å². The van der Waals surface area contributed by atoms with E-state index in [4.69, 9.17) is 0 Å². The van der Waals surface area contributed by atoms with E-state index in [9.17, 15) is 8.42 Å². The molecule has 0 fully saturated rings. The van der Waals surface area contributed by atoms with Crippen LogP contribution in [0.1, 0.15) is 32.8 Å². The molecule has 0 saturated heterocycles. The molecule has 1 aromatic rings. The van der Waals surface area contributed by atoms with Crippen molar-refractivity contribution in [3.05, 3.63) is 28.2 Å². The van der Waals surface area contributed by atoms with Crippen molar-refractivity contribution < 1.29 is 8.42 Å². The van der Waals surface area contributed by atoms with Crippen molar-refractivity contribution in [1.82, 2.24) is 10.0 Å². The van der Waals surface area contributed by atoms with Gasteiger partial charge in [-0.1, -0.05) is 26.8 Å². The maximum absolute atomic E-state index is 12.3. The van der Waals surface area contributed by atoms with Crippen LogP contribution in [0, 0.1) is 5.92 Å². The molecule has 0 amide bonds. The highest BCUT2D eigenvalue weighted by Gasteiger charge is 2.17. The van der Waals surface area contributed by atoms with Crippen LogP contribution in [0.2, 0.25) is 0 Å². The summed E-state index contributed by atoms with van der Waals surface area (Å²) in [5, 5.41) is 3.19. The number of sulfonamides is 1. The Morgan fingerprint density at radius 1 is 1.30 bits per heavy atom. The first-order valence-electron chi connectivity index (χ1n) is 6.85. The van der Waals surface area contributed by atoms with Crippen LogP contribution in [0.15, 0.2) is 27.6 Å². The van der Waals surface area contributed by atoms with Crippen LogP contribution in [0.3, 0.4) is 0 Å². The second kappa shape index (κ2) is 8.12. The normalized spacial score (nSPS) is 12.1. The van der Waals surface area contributed by atoms with Crippen molar-refractivity contribution in [1.29, 1.82) is 0 Å². The zero-order valence-electron chi connectivity index (χ0n) is 12.2. The SMILES string of the molecule is CCNCc1ccc(Br)c(S(=O)(=O)NCCC(C)C)c1. The zero-order valence-corrected chi connectivity index (χ0v) is 14.6. The van der Waals surface area contributed by atoms with Gasteiger partial charge in [-0.15, -0.1) is 0 Å². The summed E-state index contributed by atoms with van der Waals surface area (Å²) >= 11 is 3.32. The van der Waals surface area contributed by atoms with Gasteiger partial charge in [-0.25, -0.2) is 13.1 Å². The van der Waals surface area contributed by atoms with Gasteiger partial charge < -0.3 is 5.32 Å². The molecular weight excluding hydrogens is 340 g/mol. The molecule has 0 unspecified atom stereocenters. The Hall–Kier alpha value is -0.430. The van der Waals surface area contributed by atoms with Gasteiger partial charge >= 0.3 is 0 Å². The van der Waals surface area contributed by atoms with Gasteiger partial charge in [0.15, 0.2) is 0 Å². The monoisotopic (exact) mass is 362 g/mol. The molecule has 0 radical (unpaired) electrons. The van der Waals surface area contributed by atoms with Crippen molar-refractivity contribution in [3.8, 4) is 0 Å². The maximum Gasteiger partial charge on any atom is 0.241 e. The Bertz CT molecular complexity index is 530. The molecule has 0 aromatic heterocycles. The molecule has 6 heteroatoms. The molecule has 0 aliphatic heterocycles. The van der Waals surface area contributed by atoms with Crippen LogP contribution < -0.4 is 10.0 Å². The highest BCUT2D eigenvalue weighted by Crippen LogP contribution is 2.23. The van der Waals surface area contributed by atoms with Crippen LogP contribution >= 0.6 is 15.9 Å². The summed E-state index contributed by atoms with van der Waals surface area (Å²) in [6.45, 7) is 8.14. The number of halogens is 1. The fourth-order valence-corrected chi connectivity index (χ4v) is 3.75. The number of nitrogens with one attached hydrogen (secondary N) is 2. The van der Waals surface area contributed by atoms with Crippen LogP contribution in [-0.4, -0.2) is 21.5 Å². The molecule has 0 bridgehead atoms. The van der Waals surface area contributed by atoms with Gasteiger partial charge in [0, 0.05) is 17.6 Å². The molecule has 20 heavy (non-hydrogen) atoms. The third-order valence-electron chi connectivity index (χ3n) is 2.88. The van der Waals surface area contributed by atoms with E-state index >= 15 is 0 Å². The third kappa shape index (κ3) is 5.52. The molecule has 1 aromatic carbocycles. The lowest BCUT2D eigenvalue weighted by atomic mass is 10.1. The lowest BCUT2D eigenvalue weighted by Crippen LogP contribution is -2.26. The Morgan fingerprint density at radius 2 is 2.00 bits per heavy atom. The van der Waals surface area contributed by atoms with Crippen LogP contribution in [0.5, 0.6) is 0 Å². The minimum Gasteiger partial charge on any atom is -0.313 e. The van der Waals surface area contributed by atoms with Gasteiger partial charge in [-0.05, 0) is 52.5 Å². The fraction of sp³-hybridized carbons (Fsp3) is 0.571. The molecule has 0 heterocycles. The first kappa shape index (κ1) is 17.6. The largest absolute Gasteiger partial charge is 0.313 e. The summed E-state index contributed by atoms with van der Waals surface area (Å²) in [5.74, 6) is 0.473. The Labute approximate surface area is 130 Å². The van der Waals surface area contributed by atoms with Gasteiger partial charge in [0.25, 0.3) is 0 Å². The second-order valence-electron chi connectivity index (χ2n) is 5.13. The zero-order chi connectivity index (χ0) is 15.2. The van der Waals surface area contributed by atoms with E-state index in [1.165, 1.54) is 0 Å². The Balaban J connectivity index is 2.87. The van der Waals surface area contributed by atoms with E-state index in [1.807, 2.05) is 13.0 Å². The average Bonchev–Trinajstić information content (AvgIpc) is 2.36. The Kier molecular flexibility index (Phi) is 7.15. The smallest absolute Gasteiger partial charge is 0.241 e. The highest BCUT2D eigenvalue weighted by molar-refractivity contribution is 9.10. The standard InChI is InChI=1S/C14H23BrN2O2S/c1-4-16-10-12-5-6-13(15)14(9-12)20(18,19)17-8-7-11(2)3/h5-6,9,11,16-17H,4,7-8,10H2,1-3H3. The predicted molar refractivity (Wildman–Crippen MR) is 86.2 cm³/mol. The molecule has 4 nitrogen and oxygen atoms in total. The van der Waals surface area contributed by atoms with E-state index in [2.05, 4.69) is 39.8 Å². The summed E-state index contributed by atoms with van der Waals surface area (Å²) in [6, 6.07) is 5.41. The van der Waals surface area contributed by atoms with Gasteiger partial charge in [-0.2, -0.15) is 0 Å². The molecule has 2 N–H and O–H groups in total. The van der Waals surface area contributed by atoms with Crippen LogP contribution in [-0.2, 0) is 16.6 Å². The molecule has 114 valence electrons. The third-order valence-corrected chi connectivity index (χ3v) is 5.33. The average molecular weight is 363 g/mol. The van der Waals surface area contributed by atoms with Crippen LogP contribution in [0.4, 0.5) is 0 Å². The first-order chi connectivity index (χ1) is 9.36. The summed E-state index contributed by atoms with van der Waals surface area (Å²) in [6.07, 6.45) is 0.827. The molecule has 1 rings (SSSR count). The number of benzene rings is 1. The van der Waals surface area contributed by atoms with Crippen molar-refractivity contribution in [2.75, 3.05) is 13.1 Å². The highest BCUT2D eigenvalue weighted by atomic mass is 79.9. The maximum atomic E-state index is 12.3. The van der Waals surface area contributed by atoms with E-state index in [-0.39, 0.29) is 0 Å². The minimum absolute atomic E-state index is 0.302. The van der Waals surface area contributed by atoms with Crippen molar-refractivity contribution in [2.45, 2.75) is 38.6 Å². The summed E-state index contributed by atoms with van der Waals surface area (Å²) in [5.41, 5.74) is 0.958. The molecule has 0 aliphatic rings. The topological polar surface area (TPSA) is 58.2 Å². The first-order valence-corrected chi connectivity index (χ1v) is 9.13. The Morgan fingerprint density at radius 3 is 2.60 bits per heavy atom. The van der Waals surface area contributed by atoms with E-state index < -0.39 is 10.0 Å². The van der Waals surface area contributed by atoms with E-state index in [1.54, 1.807) is 12.1 Å². The summed E-state index contributed by atoms with van der Waals surface area (Å²) in [4.78, 5) is 0.302. The minimum atomic E-state index is -3.46. The molecule has 0 atom stereocenters. The van der Waals surface area contributed by atoms with E-state index in [0.717, 1.165) is 18.5 Å². The fourth-order valence-electron chi connectivity index (χ4n) is 1.69. The molecule has 0 spiro atoms. The van der Waals surface area contributed by atoms with E-state index in [0.29, 0.717) is 28.4 Å². The van der Waals surface area contributed by atoms with Crippen molar-refractivity contribution >= 4 is 26.0 Å². The predicted octanol–water partition coefficient (Wildman–Crippen LogP) is 2.88. The lowest BCUT2D eigenvalue weighted by molar-refractivity contribution is 0.551. The molecular formula is C14H23BrN2O2S. The molecule has 0 aliphatic carbocycles. The number of hydrogen-bond donors (Lipinski definition) is 2. The van der Waals surface area contributed by atoms with Gasteiger partial charge in [0.2, 0.25) is 10.0 Å². The second-order valence-corrected chi connectivity index (χ2v) is 7.72. The summed E-state index contributed by atoms with van der Waals surface area (Å²) < 4.78 is 27.8. The van der Waals surface area contributed by atoms with Gasteiger partial charge in [-0.3, -0.25) is 0 Å². The molecule has 0 saturated carbocycles. The van der Waals surface area contributed by atoms with Gasteiger partial charge in [0.1, 0.15) is 0 Å². The van der Waals surface area contributed by atoms with Crippen molar-refractivity contribution in [3.63, 3.8) is 0 Å². The lowest BCUT2D eigenvalue weighted by Gasteiger charge is -2.11. The number of rotatable bonds is 8. The summed E-state index contributed by atoms with van der Waals surface area (Å²) in [7, 11) is -3.46. The van der Waals surface area contributed by atoms with Crippen molar-refractivity contribution in [2.24, 2.45) is 5.92 Å². The quantitative estimate of drug-likeness (QED) is 0.747. The number of hydrogen-bond acceptors (Lipinski definition) is 3.